The summed E-state index contributed by atoms with van der Waals surface area (Å²) in [7, 11) is 4.14. The van der Waals surface area contributed by atoms with Crippen LogP contribution in [-0.2, 0) is 6.54 Å². The van der Waals surface area contributed by atoms with E-state index in [0.717, 1.165) is 32.5 Å². The maximum Gasteiger partial charge on any atom is 0.317 e. The average molecular weight is 338 g/mol. The monoisotopic (exact) mass is 337 g/mol. The Morgan fingerprint density at radius 3 is 2.61 bits per heavy atom. The number of urea groups is 1. The molecule has 0 saturated heterocycles. The molecule has 0 aromatic carbocycles. The van der Waals surface area contributed by atoms with Crippen molar-refractivity contribution >= 4 is 17.4 Å². The summed E-state index contributed by atoms with van der Waals surface area (Å²) in [4.78, 5) is 19.6. The minimum absolute atomic E-state index is 0.105. The van der Waals surface area contributed by atoms with Crippen molar-refractivity contribution < 1.29 is 4.79 Å². The molecule has 5 heteroatoms. The Balaban J connectivity index is 1.94. The second-order valence-corrected chi connectivity index (χ2v) is 8.50. The van der Waals surface area contributed by atoms with Gasteiger partial charge in [-0.05, 0) is 51.9 Å². The van der Waals surface area contributed by atoms with Gasteiger partial charge in [-0.25, -0.2) is 4.79 Å². The minimum atomic E-state index is 0.105. The van der Waals surface area contributed by atoms with Gasteiger partial charge in [0, 0.05) is 28.9 Å². The lowest BCUT2D eigenvalue weighted by Crippen LogP contribution is -2.46. The maximum atomic E-state index is 12.7. The third-order valence-electron chi connectivity index (χ3n) is 4.43. The molecule has 1 aliphatic rings. The van der Waals surface area contributed by atoms with Gasteiger partial charge in [0.2, 0.25) is 0 Å². The Kier molecular flexibility index (Phi) is 6.90. The van der Waals surface area contributed by atoms with E-state index in [-0.39, 0.29) is 6.03 Å². The van der Waals surface area contributed by atoms with Gasteiger partial charge >= 0.3 is 6.03 Å². The smallest absolute Gasteiger partial charge is 0.317 e. The highest BCUT2D eigenvalue weighted by Crippen LogP contribution is 2.26. The van der Waals surface area contributed by atoms with Crippen LogP contribution >= 0.6 is 11.3 Å². The molecule has 1 saturated carbocycles. The molecule has 0 radical (unpaired) electrons. The quantitative estimate of drug-likeness (QED) is 0.823. The van der Waals surface area contributed by atoms with Crippen molar-refractivity contribution in [2.24, 2.45) is 5.92 Å². The first-order chi connectivity index (χ1) is 11.0. The van der Waals surface area contributed by atoms with Crippen LogP contribution in [0.2, 0.25) is 0 Å². The molecule has 1 aromatic rings. The summed E-state index contributed by atoms with van der Waals surface area (Å²) in [6, 6.07) is 4.81. The number of thiophene rings is 1. The van der Waals surface area contributed by atoms with Crippen LogP contribution in [0, 0.1) is 12.8 Å². The number of nitrogens with one attached hydrogen (secondary N) is 1. The van der Waals surface area contributed by atoms with Crippen LogP contribution in [0.1, 0.15) is 42.4 Å². The first-order valence-electron chi connectivity index (χ1n) is 8.70. The Morgan fingerprint density at radius 1 is 1.35 bits per heavy atom. The van der Waals surface area contributed by atoms with Crippen LogP contribution in [0.15, 0.2) is 12.1 Å². The van der Waals surface area contributed by atoms with E-state index in [1.807, 2.05) is 0 Å². The summed E-state index contributed by atoms with van der Waals surface area (Å²) < 4.78 is 0. The second-order valence-electron chi connectivity index (χ2n) is 7.13. The molecule has 23 heavy (non-hydrogen) atoms. The van der Waals surface area contributed by atoms with Gasteiger partial charge in [-0.3, -0.25) is 0 Å². The normalized spacial score (nSPS) is 16.7. The van der Waals surface area contributed by atoms with Gasteiger partial charge in [0.1, 0.15) is 0 Å². The average Bonchev–Trinajstić information content (AvgIpc) is 3.13. The molecule has 0 unspecified atom stereocenters. The van der Waals surface area contributed by atoms with Gasteiger partial charge in [0.15, 0.2) is 0 Å². The topological polar surface area (TPSA) is 35.6 Å². The van der Waals surface area contributed by atoms with Gasteiger partial charge in [-0.2, -0.15) is 0 Å². The Bertz CT molecular complexity index is 494. The van der Waals surface area contributed by atoms with E-state index in [2.05, 4.69) is 55.2 Å². The zero-order chi connectivity index (χ0) is 16.8. The molecule has 0 aliphatic heterocycles. The number of amides is 2. The lowest BCUT2D eigenvalue weighted by Gasteiger charge is -2.29. The van der Waals surface area contributed by atoms with Crippen LogP contribution in [-0.4, -0.2) is 49.1 Å². The van der Waals surface area contributed by atoms with E-state index >= 15 is 0 Å². The third-order valence-corrected chi connectivity index (χ3v) is 5.41. The van der Waals surface area contributed by atoms with Crippen molar-refractivity contribution in [3.63, 3.8) is 0 Å². The summed E-state index contributed by atoms with van der Waals surface area (Å²) in [5.41, 5.74) is 0. The number of rotatable bonds is 7. The van der Waals surface area contributed by atoms with E-state index in [9.17, 15) is 4.79 Å². The lowest BCUT2D eigenvalue weighted by molar-refractivity contribution is 0.169. The zero-order valence-electron chi connectivity index (χ0n) is 15.0. The zero-order valence-corrected chi connectivity index (χ0v) is 15.8. The molecule has 1 aromatic heterocycles. The molecule has 130 valence electrons. The predicted octanol–water partition coefficient (Wildman–Crippen LogP) is 3.71. The van der Waals surface area contributed by atoms with Crippen LogP contribution in [0.4, 0.5) is 4.79 Å². The number of aryl methyl sites for hydroxylation is 1. The van der Waals surface area contributed by atoms with Crippen LogP contribution in [0.5, 0.6) is 0 Å². The Morgan fingerprint density at radius 2 is 2.04 bits per heavy atom. The number of nitrogens with zero attached hydrogens (tertiary/aromatic N) is 2. The van der Waals surface area contributed by atoms with Crippen molar-refractivity contribution in [2.75, 3.05) is 27.2 Å². The van der Waals surface area contributed by atoms with Crippen LogP contribution < -0.4 is 5.32 Å². The molecule has 4 nitrogen and oxygen atoms in total. The van der Waals surface area contributed by atoms with E-state index in [4.69, 9.17) is 0 Å². The highest BCUT2D eigenvalue weighted by atomic mass is 32.1. The molecule has 1 atom stereocenters. The highest BCUT2D eigenvalue weighted by Gasteiger charge is 2.27. The van der Waals surface area contributed by atoms with Gasteiger partial charge in [0.05, 0.1) is 6.54 Å². The predicted molar refractivity (Wildman–Crippen MR) is 98.0 cm³/mol. The van der Waals surface area contributed by atoms with Gasteiger partial charge in [-0.15, -0.1) is 11.3 Å². The Hall–Kier alpha value is -1.07. The summed E-state index contributed by atoms with van der Waals surface area (Å²) in [5, 5.41) is 3.16. The van der Waals surface area contributed by atoms with E-state index in [0.29, 0.717) is 12.0 Å². The molecule has 1 N–H and O–H groups in total. The van der Waals surface area contributed by atoms with Crippen molar-refractivity contribution in [2.45, 2.75) is 52.1 Å². The molecular weight excluding hydrogens is 306 g/mol. The van der Waals surface area contributed by atoms with Crippen LogP contribution in [0.3, 0.4) is 0 Å². The van der Waals surface area contributed by atoms with Crippen LogP contribution in [0.25, 0.3) is 0 Å². The Labute approximate surface area is 144 Å². The molecule has 2 rings (SSSR count). The van der Waals surface area contributed by atoms with Crippen molar-refractivity contribution in [1.82, 2.24) is 15.1 Å². The number of hydrogen-bond acceptors (Lipinski definition) is 3. The van der Waals surface area contributed by atoms with E-state index in [1.54, 1.807) is 11.3 Å². The van der Waals surface area contributed by atoms with Crippen molar-refractivity contribution in [3.8, 4) is 0 Å². The SMILES string of the molecule is Cc1ccc(CN(C(=O)NC[C@H](C)CN(C)C)C2CCCC2)s1. The fraction of sp³-hybridized carbons (Fsp3) is 0.722. The van der Waals surface area contributed by atoms with E-state index in [1.165, 1.54) is 22.6 Å². The fourth-order valence-corrected chi connectivity index (χ4v) is 4.26. The summed E-state index contributed by atoms with van der Waals surface area (Å²) in [5.74, 6) is 0.461. The van der Waals surface area contributed by atoms with Crippen molar-refractivity contribution in [1.29, 1.82) is 0 Å². The van der Waals surface area contributed by atoms with Gasteiger partial charge in [-0.1, -0.05) is 19.8 Å². The fourth-order valence-electron chi connectivity index (χ4n) is 3.37. The standard InChI is InChI=1S/C18H31N3OS/c1-14(12-20(3)4)11-19-18(22)21(16-7-5-6-8-16)13-17-10-9-15(2)23-17/h9-10,14,16H,5-8,11-13H2,1-4H3,(H,19,22)/t14-/m0/s1. The largest absolute Gasteiger partial charge is 0.338 e. The molecule has 2 amide bonds. The second kappa shape index (κ2) is 8.69. The lowest BCUT2D eigenvalue weighted by atomic mass is 10.1. The van der Waals surface area contributed by atoms with Gasteiger partial charge in [0.25, 0.3) is 0 Å². The summed E-state index contributed by atoms with van der Waals surface area (Å²) >= 11 is 1.80. The van der Waals surface area contributed by atoms with Gasteiger partial charge < -0.3 is 15.1 Å². The molecular formula is C18H31N3OS. The molecule has 1 fully saturated rings. The number of carbonyl (C=O) groups excluding carboxylic acids is 1. The number of carbonyl (C=O) groups is 1. The summed E-state index contributed by atoms with van der Waals surface area (Å²) in [6.07, 6.45) is 4.78. The molecule has 1 aliphatic carbocycles. The maximum absolute atomic E-state index is 12.7. The first-order valence-corrected chi connectivity index (χ1v) is 9.52. The number of hydrogen-bond donors (Lipinski definition) is 1. The highest BCUT2D eigenvalue weighted by molar-refractivity contribution is 7.11. The van der Waals surface area contributed by atoms with Crippen molar-refractivity contribution in [3.05, 3.63) is 21.9 Å². The molecule has 1 heterocycles. The molecule has 0 spiro atoms. The first kappa shape index (κ1) is 18.3. The molecule has 0 bridgehead atoms. The summed E-state index contributed by atoms with van der Waals surface area (Å²) in [6.45, 7) is 6.79. The van der Waals surface area contributed by atoms with E-state index < -0.39 is 0 Å². The minimum Gasteiger partial charge on any atom is -0.338 e. The third kappa shape index (κ3) is 5.81.